The van der Waals surface area contributed by atoms with Crippen molar-refractivity contribution in [3.63, 3.8) is 0 Å². The van der Waals surface area contributed by atoms with E-state index in [9.17, 15) is 4.79 Å². The number of carbonyl (C=O) groups is 1. The highest BCUT2D eigenvalue weighted by molar-refractivity contribution is 5.74. The first kappa shape index (κ1) is 12.8. The van der Waals surface area contributed by atoms with Gasteiger partial charge in [0.15, 0.2) is 0 Å². The number of amides is 2. The highest BCUT2D eigenvalue weighted by atomic mass is 16.5. The molecule has 2 heterocycles. The van der Waals surface area contributed by atoms with E-state index >= 15 is 0 Å². The zero-order valence-corrected chi connectivity index (χ0v) is 10.6. The average molecular weight is 249 g/mol. The van der Waals surface area contributed by atoms with Crippen LogP contribution in [0.25, 0.3) is 0 Å². The van der Waals surface area contributed by atoms with Gasteiger partial charge in [0, 0.05) is 25.5 Å². The fourth-order valence-corrected chi connectivity index (χ4v) is 1.97. The van der Waals surface area contributed by atoms with E-state index in [1.165, 1.54) is 0 Å². The van der Waals surface area contributed by atoms with Crippen LogP contribution in [0.2, 0.25) is 0 Å². The smallest absolute Gasteiger partial charge is 0.315 e. The zero-order chi connectivity index (χ0) is 12.8. The Bertz CT molecular complexity index is 377. The molecule has 1 saturated heterocycles. The molecule has 1 aliphatic rings. The van der Waals surface area contributed by atoms with Gasteiger partial charge in [-0.3, -0.25) is 4.98 Å². The van der Waals surface area contributed by atoms with Crippen molar-refractivity contribution < 1.29 is 9.53 Å². The molecule has 2 rings (SSSR count). The second-order valence-corrected chi connectivity index (χ2v) is 4.50. The predicted molar refractivity (Wildman–Crippen MR) is 68.2 cm³/mol. The van der Waals surface area contributed by atoms with E-state index in [1.54, 1.807) is 12.4 Å². The highest BCUT2D eigenvalue weighted by Crippen LogP contribution is 2.11. The maximum Gasteiger partial charge on any atom is 0.315 e. The number of rotatable bonds is 4. The molecular weight excluding hydrogens is 230 g/mol. The van der Waals surface area contributed by atoms with Crippen LogP contribution >= 0.6 is 0 Å². The number of hydrogen-bond acceptors (Lipinski definition) is 3. The number of aromatic nitrogens is 1. The van der Waals surface area contributed by atoms with Crippen LogP contribution in [0.15, 0.2) is 24.5 Å². The van der Waals surface area contributed by atoms with Gasteiger partial charge in [-0.15, -0.1) is 0 Å². The summed E-state index contributed by atoms with van der Waals surface area (Å²) < 4.78 is 5.44. The van der Waals surface area contributed by atoms with Crippen molar-refractivity contribution in [1.29, 1.82) is 0 Å². The Hall–Kier alpha value is -1.62. The summed E-state index contributed by atoms with van der Waals surface area (Å²) in [6.45, 7) is 3.31. The van der Waals surface area contributed by atoms with E-state index in [0.29, 0.717) is 6.54 Å². The third kappa shape index (κ3) is 3.70. The molecule has 0 spiro atoms. The lowest BCUT2D eigenvalue weighted by molar-refractivity contribution is 0.111. The van der Waals surface area contributed by atoms with Crippen LogP contribution in [0.1, 0.15) is 31.4 Å². The summed E-state index contributed by atoms with van der Waals surface area (Å²) >= 11 is 0. The van der Waals surface area contributed by atoms with Crippen molar-refractivity contribution in [1.82, 2.24) is 15.6 Å². The molecule has 2 unspecified atom stereocenters. The number of pyridine rings is 1. The third-order valence-corrected chi connectivity index (χ3v) is 3.05. The van der Waals surface area contributed by atoms with Crippen molar-refractivity contribution in [2.24, 2.45) is 0 Å². The predicted octanol–water partition coefficient (Wildman–Crippen LogP) is 1.62. The Morgan fingerprint density at radius 3 is 3.22 bits per heavy atom. The van der Waals surface area contributed by atoms with Crippen molar-refractivity contribution in [2.75, 3.05) is 13.2 Å². The van der Waals surface area contributed by atoms with Crippen LogP contribution < -0.4 is 10.6 Å². The minimum atomic E-state index is -0.165. The second kappa shape index (κ2) is 6.35. The van der Waals surface area contributed by atoms with E-state index in [2.05, 4.69) is 15.6 Å². The highest BCUT2D eigenvalue weighted by Gasteiger charge is 2.16. The fourth-order valence-electron chi connectivity index (χ4n) is 1.97. The number of ether oxygens (including phenoxy) is 1. The number of nitrogens with one attached hydrogen (secondary N) is 2. The van der Waals surface area contributed by atoms with Gasteiger partial charge in [-0.25, -0.2) is 4.79 Å². The van der Waals surface area contributed by atoms with Crippen molar-refractivity contribution in [3.8, 4) is 0 Å². The van der Waals surface area contributed by atoms with E-state index in [4.69, 9.17) is 4.74 Å². The molecule has 2 amide bonds. The molecule has 1 aromatic rings. The Morgan fingerprint density at radius 1 is 1.67 bits per heavy atom. The molecule has 2 N–H and O–H groups in total. The van der Waals surface area contributed by atoms with Crippen molar-refractivity contribution in [2.45, 2.75) is 31.9 Å². The summed E-state index contributed by atoms with van der Waals surface area (Å²) in [7, 11) is 0. The first-order valence-corrected chi connectivity index (χ1v) is 6.31. The molecule has 0 aromatic carbocycles. The molecule has 98 valence electrons. The Labute approximate surface area is 107 Å². The van der Waals surface area contributed by atoms with Crippen molar-refractivity contribution in [3.05, 3.63) is 30.1 Å². The van der Waals surface area contributed by atoms with E-state index in [1.807, 2.05) is 19.1 Å². The van der Waals surface area contributed by atoms with E-state index in [-0.39, 0.29) is 18.2 Å². The van der Waals surface area contributed by atoms with Gasteiger partial charge in [0.2, 0.25) is 0 Å². The van der Waals surface area contributed by atoms with Gasteiger partial charge < -0.3 is 15.4 Å². The fraction of sp³-hybridized carbons (Fsp3) is 0.538. The molecule has 1 fully saturated rings. The summed E-state index contributed by atoms with van der Waals surface area (Å²) in [5, 5.41) is 5.70. The molecule has 0 radical (unpaired) electrons. The first-order valence-electron chi connectivity index (χ1n) is 6.31. The number of nitrogens with zero attached hydrogens (tertiary/aromatic N) is 1. The van der Waals surface area contributed by atoms with Crippen LogP contribution in [-0.4, -0.2) is 30.3 Å². The summed E-state index contributed by atoms with van der Waals surface area (Å²) in [5.74, 6) is 0. The zero-order valence-electron chi connectivity index (χ0n) is 10.6. The minimum Gasteiger partial charge on any atom is -0.376 e. The van der Waals surface area contributed by atoms with Crippen LogP contribution in [0.4, 0.5) is 4.79 Å². The summed E-state index contributed by atoms with van der Waals surface area (Å²) in [6.07, 6.45) is 5.75. The number of carbonyl (C=O) groups excluding carboxylic acids is 1. The van der Waals surface area contributed by atoms with Crippen molar-refractivity contribution >= 4 is 6.03 Å². The molecule has 0 bridgehead atoms. The molecule has 0 aliphatic carbocycles. The molecular formula is C13H19N3O2. The second-order valence-electron chi connectivity index (χ2n) is 4.50. The lowest BCUT2D eigenvalue weighted by Crippen LogP contribution is -2.40. The van der Waals surface area contributed by atoms with Crippen LogP contribution in [0, 0.1) is 0 Å². The van der Waals surface area contributed by atoms with Crippen LogP contribution in [-0.2, 0) is 4.74 Å². The topological polar surface area (TPSA) is 63.2 Å². The molecule has 1 aliphatic heterocycles. The van der Waals surface area contributed by atoms with Gasteiger partial charge in [0.1, 0.15) is 0 Å². The summed E-state index contributed by atoms with van der Waals surface area (Å²) in [6, 6.07) is 3.58. The normalized spacial score (nSPS) is 20.4. The van der Waals surface area contributed by atoms with Gasteiger partial charge in [-0.05, 0) is 31.4 Å². The minimum absolute atomic E-state index is 0.0526. The lowest BCUT2D eigenvalue weighted by atomic mass is 10.1. The largest absolute Gasteiger partial charge is 0.376 e. The molecule has 2 atom stereocenters. The quantitative estimate of drug-likeness (QED) is 0.852. The number of urea groups is 1. The van der Waals surface area contributed by atoms with Crippen LogP contribution in [0.5, 0.6) is 0 Å². The molecule has 0 saturated carbocycles. The maximum absolute atomic E-state index is 11.7. The average Bonchev–Trinajstić information content (AvgIpc) is 2.90. The van der Waals surface area contributed by atoms with Gasteiger partial charge in [0.25, 0.3) is 0 Å². The van der Waals surface area contributed by atoms with Gasteiger partial charge in [0.05, 0.1) is 12.1 Å². The summed E-state index contributed by atoms with van der Waals surface area (Å²) in [4.78, 5) is 15.7. The standard InChI is InChI=1S/C13H19N3O2/c1-10(11-4-2-6-14-8-11)16-13(17)15-9-12-5-3-7-18-12/h2,4,6,8,10,12H,3,5,7,9H2,1H3,(H2,15,16,17). The molecule has 1 aromatic heterocycles. The monoisotopic (exact) mass is 249 g/mol. The van der Waals surface area contributed by atoms with E-state index in [0.717, 1.165) is 25.0 Å². The summed E-state index contributed by atoms with van der Waals surface area (Å²) in [5.41, 5.74) is 0.991. The Balaban J connectivity index is 1.73. The first-order chi connectivity index (χ1) is 8.75. The lowest BCUT2D eigenvalue weighted by Gasteiger charge is -2.16. The molecule has 18 heavy (non-hydrogen) atoms. The Kier molecular flexibility index (Phi) is 4.52. The third-order valence-electron chi connectivity index (χ3n) is 3.05. The van der Waals surface area contributed by atoms with Gasteiger partial charge >= 0.3 is 6.03 Å². The molecule has 5 nitrogen and oxygen atoms in total. The van der Waals surface area contributed by atoms with Crippen LogP contribution in [0.3, 0.4) is 0 Å². The maximum atomic E-state index is 11.7. The Morgan fingerprint density at radius 2 is 2.56 bits per heavy atom. The van der Waals surface area contributed by atoms with E-state index < -0.39 is 0 Å². The molecule has 5 heteroatoms. The number of hydrogen-bond donors (Lipinski definition) is 2. The van der Waals surface area contributed by atoms with Gasteiger partial charge in [-0.1, -0.05) is 6.07 Å². The van der Waals surface area contributed by atoms with Gasteiger partial charge in [-0.2, -0.15) is 0 Å². The SMILES string of the molecule is CC(NC(=O)NCC1CCCO1)c1cccnc1.